The molecule has 0 aromatic heterocycles. The molecule has 0 aliphatic carbocycles. The highest BCUT2D eigenvalue weighted by molar-refractivity contribution is 5.32. The molecule has 0 saturated heterocycles. The van der Waals surface area contributed by atoms with Crippen LogP contribution in [0.4, 0.5) is 5.69 Å². The Morgan fingerprint density at radius 2 is 2.07 bits per heavy atom. The normalized spacial score (nSPS) is 9.87. The number of hydrogen-bond acceptors (Lipinski definition) is 3. The minimum absolute atomic E-state index is 0.137. The summed E-state index contributed by atoms with van der Waals surface area (Å²) in [5.41, 5.74) is 1.23. The lowest BCUT2D eigenvalue weighted by atomic mass is 10.1. The zero-order chi connectivity index (χ0) is 11.1. The summed E-state index contributed by atoms with van der Waals surface area (Å²) in [4.78, 5) is 10.0. The van der Waals surface area contributed by atoms with Crippen molar-refractivity contribution in [1.29, 1.82) is 0 Å². The van der Waals surface area contributed by atoms with Gasteiger partial charge in [-0.25, -0.2) is 0 Å². The van der Waals surface area contributed by atoms with E-state index < -0.39 is 0 Å². The largest absolute Gasteiger partial charge is 0.313 e. The van der Waals surface area contributed by atoms with E-state index in [1.807, 2.05) is 0 Å². The molecule has 0 fully saturated rings. The SMILES string of the molecule is C=CCNCCc1ccc([N+](=O)[O-])cc1. The molecule has 0 spiro atoms. The first kappa shape index (κ1) is 11.4. The predicted molar refractivity (Wildman–Crippen MR) is 59.9 cm³/mol. The van der Waals surface area contributed by atoms with E-state index >= 15 is 0 Å². The average Bonchev–Trinajstić information content (AvgIpc) is 2.25. The van der Waals surface area contributed by atoms with E-state index in [0.717, 1.165) is 25.1 Å². The van der Waals surface area contributed by atoms with Crippen molar-refractivity contribution in [3.8, 4) is 0 Å². The van der Waals surface area contributed by atoms with Gasteiger partial charge in [0.1, 0.15) is 0 Å². The molecule has 0 aliphatic heterocycles. The Balaban J connectivity index is 2.42. The Labute approximate surface area is 88.8 Å². The lowest BCUT2D eigenvalue weighted by Gasteiger charge is -2.01. The van der Waals surface area contributed by atoms with Gasteiger partial charge in [-0.3, -0.25) is 10.1 Å². The molecule has 0 unspecified atom stereocenters. The molecular weight excluding hydrogens is 192 g/mol. The molecule has 0 aliphatic rings. The Bertz CT molecular complexity index is 333. The van der Waals surface area contributed by atoms with E-state index in [0.29, 0.717) is 0 Å². The topological polar surface area (TPSA) is 55.2 Å². The minimum atomic E-state index is -0.389. The molecule has 4 heteroatoms. The Morgan fingerprint density at radius 1 is 1.40 bits per heavy atom. The molecule has 0 bridgehead atoms. The van der Waals surface area contributed by atoms with Crippen LogP contribution in [-0.4, -0.2) is 18.0 Å². The van der Waals surface area contributed by atoms with Crippen molar-refractivity contribution >= 4 is 5.69 Å². The summed E-state index contributed by atoms with van der Waals surface area (Å²) in [5, 5.41) is 13.6. The van der Waals surface area contributed by atoms with Gasteiger partial charge in [-0.05, 0) is 18.5 Å². The maximum Gasteiger partial charge on any atom is 0.269 e. The first-order valence-corrected chi connectivity index (χ1v) is 4.79. The quantitative estimate of drug-likeness (QED) is 0.335. The highest BCUT2D eigenvalue weighted by Gasteiger charge is 2.02. The van der Waals surface area contributed by atoms with E-state index in [1.54, 1.807) is 18.2 Å². The molecule has 1 N–H and O–H groups in total. The van der Waals surface area contributed by atoms with E-state index in [4.69, 9.17) is 0 Å². The standard InChI is InChI=1S/C11H14N2O2/c1-2-8-12-9-7-10-3-5-11(6-4-10)13(14)15/h2-6,12H,1,7-9H2. The predicted octanol–water partition coefficient (Wildman–Crippen LogP) is 1.91. The van der Waals surface area contributed by atoms with Crippen LogP contribution in [0.3, 0.4) is 0 Å². The molecule has 0 atom stereocenters. The van der Waals surface area contributed by atoms with Crippen LogP contribution < -0.4 is 5.32 Å². The van der Waals surface area contributed by atoms with Gasteiger partial charge in [0.05, 0.1) is 4.92 Å². The number of rotatable bonds is 6. The summed E-state index contributed by atoms with van der Waals surface area (Å²) in [6.45, 7) is 5.23. The van der Waals surface area contributed by atoms with Crippen molar-refractivity contribution in [1.82, 2.24) is 5.32 Å². The van der Waals surface area contributed by atoms with Crippen molar-refractivity contribution in [3.63, 3.8) is 0 Å². The zero-order valence-corrected chi connectivity index (χ0v) is 8.48. The third kappa shape index (κ3) is 3.91. The summed E-state index contributed by atoms with van der Waals surface area (Å²) in [6, 6.07) is 6.63. The Hall–Kier alpha value is -1.68. The van der Waals surface area contributed by atoms with Crippen LogP contribution in [0.15, 0.2) is 36.9 Å². The van der Waals surface area contributed by atoms with Gasteiger partial charge >= 0.3 is 0 Å². The number of nitro benzene ring substituents is 1. The van der Waals surface area contributed by atoms with E-state index in [1.165, 1.54) is 12.1 Å². The molecule has 1 aromatic carbocycles. The van der Waals surface area contributed by atoms with Gasteiger partial charge in [-0.15, -0.1) is 6.58 Å². The molecule has 80 valence electrons. The third-order valence-electron chi connectivity index (χ3n) is 2.03. The Kier molecular flexibility index (Phi) is 4.50. The van der Waals surface area contributed by atoms with Crippen LogP contribution >= 0.6 is 0 Å². The molecule has 4 nitrogen and oxygen atoms in total. The van der Waals surface area contributed by atoms with Gasteiger partial charge < -0.3 is 5.32 Å². The molecule has 1 rings (SSSR count). The number of nitrogens with one attached hydrogen (secondary N) is 1. The summed E-state index contributed by atoms with van der Waals surface area (Å²) >= 11 is 0. The smallest absolute Gasteiger partial charge is 0.269 e. The van der Waals surface area contributed by atoms with Crippen molar-refractivity contribution in [2.75, 3.05) is 13.1 Å². The van der Waals surface area contributed by atoms with Crippen LogP contribution in [0.25, 0.3) is 0 Å². The fraction of sp³-hybridized carbons (Fsp3) is 0.273. The highest BCUT2D eigenvalue weighted by atomic mass is 16.6. The van der Waals surface area contributed by atoms with E-state index in [2.05, 4.69) is 11.9 Å². The van der Waals surface area contributed by atoms with Crippen molar-refractivity contribution in [3.05, 3.63) is 52.6 Å². The van der Waals surface area contributed by atoms with Gasteiger partial charge in [-0.1, -0.05) is 18.2 Å². The maximum absolute atomic E-state index is 10.4. The number of nitro groups is 1. The van der Waals surface area contributed by atoms with Gasteiger partial charge in [0.15, 0.2) is 0 Å². The van der Waals surface area contributed by atoms with Crippen LogP contribution in [-0.2, 0) is 6.42 Å². The average molecular weight is 206 g/mol. The molecular formula is C11H14N2O2. The minimum Gasteiger partial charge on any atom is -0.313 e. The van der Waals surface area contributed by atoms with Crippen LogP contribution in [0.2, 0.25) is 0 Å². The van der Waals surface area contributed by atoms with Gasteiger partial charge in [0.25, 0.3) is 5.69 Å². The summed E-state index contributed by atoms with van der Waals surface area (Å²) in [5.74, 6) is 0. The zero-order valence-electron chi connectivity index (χ0n) is 8.48. The van der Waals surface area contributed by atoms with Gasteiger partial charge in [-0.2, -0.15) is 0 Å². The number of nitrogens with zero attached hydrogens (tertiary/aromatic N) is 1. The lowest BCUT2D eigenvalue weighted by Crippen LogP contribution is -2.16. The fourth-order valence-electron chi connectivity index (χ4n) is 1.22. The number of non-ortho nitro benzene ring substituents is 1. The van der Waals surface area contributed by atoms with Crippen LogP contribution in [0.5, 0.6) is 0 Å². The maximum atomic E-state index is 10.4. The molecule has 0 radical (unpaired) electrons. The molecule has 0 heterocycles. The highest BCUT2D eigenvalue weighted by Crippen LogP contribution is 2.11. The summed E-state index contributed by atoms with van der Waals surface area (Å²) < 4.78 is 0. The number of hydrogen-bond donors (Lipinski definition) is 1. The molecule has 0 saturated carbocycles. The van der Waals surface area contributed by atoms with Gasteiger partial charge in [0.2, 0.25) is 0 Å². The van der Waals surface area contributed by atoms with Crippen molar-refractivity contribution in [2.45, 2.75) is 6.42 Å². The van der Waals surface area contributed by atoms with Crippen molar-refractivity contribution < 1.29 is 4.92 Å². The molecule has 15 heavy (non-hydrogen) atoms. The van der Waals surface area contributed by atoms with Crippen LogP contribution in [0.1, 0.15) is 5.56 Å². The van der Waals surface area contributed by atoms with Crippen molar-refractivity contribution in [2.24, 2.45) is 0 Å². The number of benzene rings is 1. The fourth-order valence-corrected chi connectivity index (χ4v) is 1.22. The molecule has 1 aromatic rings. The monoisotopic (exact) mass is 206 g/mol. The second kappa shape index (κ2) is 5.93. The first-order chi connectivity index (χ1) is 7.24. The third-order valence-corrected chi connectivity index (χ3v) is 2.03. The summed E-state index contributed by atoms with van der Waals surface area (Å²) in [7, 11) is 0. The summed E-state index contributed by atoms with van der Waals surface area (Å²) in [6.07, 6.45) is 2.67. The lowest BCUT2D eigenvalue weighted by molar-refractivity contribution is -0.384. The Morgan fingerprint density at radius 3 is 2.60 bits per heavy atom. The van der Waals surface area contributed by atoms with Crippen LogP contribution in [0, 0.1) is 10.1 Å². The second-order valence-electron chi connectivity index (χ2n) is 3.17. The van der Waals surface area contributed by atoms with E-state index in [-0.39, 0.29) is 10.6 Å². The molecule has 0 amide bonds. The first-order valence-electron chi connectivity index (χ1n) is 4.79. The second-order valence-corrected chi connectivity index (χ2v) is 3.17. The van der Waals surface area contributed by atoms with E-state index in [9.17, 15) is 10.1 Å². The van der Waals surface area contributed by atoms with Gasteiger partial charge in [0, 0.05) is 18.7 Å².